The molecule has 3 unspecified atom stereocenters. The monoisotopic (exact) mass is 167 g/mol. The average Bonchev–Trinajstić information content (AvgIpc) is 2.28. The van der Waals surface area contributed by atoms with Gasteiger partial charge in [0.1, 0.15) is 6.10 Å². The molecule has 12 heavy (non-hydrogen) atoms. The van der Waals surface area contributed by atoms with E-state index in [-0.39, 0.29) is 0 Å². The van der Waals surface area contributed by atoms with Crippen LogP contribution in [-0.4, -0.2) is 11.8 Å². The van der Waals surface area contributed by atoms with Gasteiger partial charge in [-0.15, -0.1) is 0 Å². The molecule has 1 aliphatic heterocycles. The maximum absolute atomic E-state index is 5.39. The van der Waals surface area contributed by atoms with E-state index < -0.39 is 0 Å². The van der Waals surface area contributed by atoms with E-state index in [0.29, 0.717) is 12.0 Å². The Morgan fingerprint density at radius 2 is 2.00 bits per heavy atom. The summed E-state index contributed by atoms with van der Waals surface area (Å²) in [5, 5.41) is 4.06. The predicted molar refractivity (Wildman–Crippen MR) is 49.1 cm³/mol. The Kier molecular flexibility index (Phi) is 2.07. The van der Waals surface area contributed by atoms with E-state index in [1.807, 2.05) is 0 Å². The normalized spacial score (nSPS) is 41.2. The van der Waals surface area contributed by atoms with Crippen molar-refractivity contribution in [2.75, 3.05) is 0 Å². The topological polar surface area (TPSA) is 21.6 Å². The molecule has 0 amide bonds. The third-order valence-electron chi connectivity index (χ3n) is 3.23. The van der Waals surface area contributed by atoms with Gasteiger partial charge in [-0.1, -0.05) is 12.1 Å². The molecule has 1 saturated carbocycles. The fourth-order valence-electron chi connectivity index (χ4n) is 2.27. The number of rotatable bonds is 0. The molecule has 2 aliphatic rings. The van der Waals surface area contributed by atoms with Crippen molar-refractivity contribution in [1.29, 1.82) is 0 Å². The summed E-state index contributed by atoms with van der Waals surface area (Å²) in [5.74, 6) is 1.52. The Morgan fingerprint density at radius 3 is 2.83 bits per heavy atom. The summed E-state index contributed by atoms with van der Waals surface area (Å²) in [6.45, 7) is 4.44. The van der Waals surface area contributed by atoms with Gasteiger partial charge < -0.3 is 4.84 Å². The summed E-state index contributed by atoms with van der Waals surface area (Å²) < 4.78 is 0. The zero-order chi connectivity index (χ0) is 8.55. The molecule has 68 valence electrons. The number of nitrogens with zero attached hydrogens (tertiary/aromatic N) is 1. The second-order valence-corrected chi connectivity index (χ2v) is 4.24. The predicted octanol–water partition coefficient (Wildman–Crippen LogP) is 2.59. The molecule has 0 spiro atoms. The van der Waals surface area contributed by atoms with E-state index in [2.05, 4.69) is 19.0 Å². The number of oxime groups is 1. The summed E-state index contributed by atoms with van der Waals surface area (Å²) in [4.78, 5) is 5.39. The minimum absolute atomic E-state index is 0.412. The molecule has 1 fully saturated rings. The van der Waals surface area contributed by atoms with Gasteiger partial charge in [-0.05, 0) is 38.5 Å². The minimum Gasteiger partial charge on any atom is -0.392 e. The van der Waals surface area contributed by atoms with Crippen LogP contribution >= 0.6 is 0 Å². The van der Waals surface area contributed by atoms with E-state index in [0.717, 1.165) is 5.92 Å². The van der Waals surface area contributed by atoms with Crippen molar-refractivity contribution in [3.63, 3.8) is 0 Å². The molecule has 3 atom stereocenters. The van der Waals surface area contributed by atoms with Crippen molar-refractivity contribution >= 4 is 5.71 Å². The first kappa shape index (κ1) is 8.09. The molecular formula is C10H17NO. The van der Waals surface area contributed by atoms with Gasteiger partial charge in [0.15, 0.2) is 0 Å². The highest BCUT2D eigenvalue weighted by Gasteiger charge is 2.33. The van der Waals surface area contributed by atoms with E-state index in [9.17, 15) is 0 Å². The minimum atomic E-state index is 0.412. The van der Waals surface area contributed by atoms with Crippen LogP contribution in [0.2, 0.25) is 0 Å². The Hall–Kier alpha value is -0.530. The van der Waals surface area contributed by atoms with Gasteiger partial charge in [-0.2, -0.15) is 0 Å². The van der Waals surface area contributed by atoms with Gasteiger partial charge in [-0.3, -0.25) is 0 Å². The number of hydrogen-bond acceptors (Lipinski definition) is 2. The van der Waals surface area contributed by atoms with E-state index in [1.54, 1.807) is 0 Å². The first-order chi connectivity index (χ1) is 5.77. The average molecular weight is 167 g/mol. The fraction of sp³-hybridized carbons (Fsp3) is 0.900. The van der Waals surface area contributed by atoms with Gasteiger partial charge in [0, 0.05) is 5.92 Å². The van der Waals surface area contributed by atoms with Crippen molar-refractivity contribution in [3.8, 4) is 0 Å². The lowest BCUT2D eigenvalue weighted by molar-refractivity contribution is 0.0565. The highest BCUT2D eigenvalue weighted by molar-refractivity contribution is 5.85. The van der Waals surface area contributed by atoms with Crippen molar-refractivity contribution in [2.45, 2.75) is 45.6 Å². The van der Waals surface area contributed by atoms with Crippen LogP contribution in [0.3, 0.4) is 0 Å². The lowest BCUT2D eigenvalue weighted by Crippen LogP contribution is -2.19. The van der Waals surface area contributed by atoms with Gasteiger partial charge in [-0.25, -0.2) is 0 Å². The highest BCUT2D eigenvalue weighted by Crippen LogP contribution is 2.33. The van der Waals surface area contributed by atoms with Crippen LogP contribution < -0.4 is 0 Å². The molecule has 0 radical (unpaired) electrons. The van der Waals surface area contributed by atoms with Crippen molar-refractivity contribution < 1.29 is 4.84 Å². The highest BCUT2D eigenvalue weighted by atomic mass is 16.6. The van der Waals surface area contributed by atoms with Gasteiger partial charge in [0.25, 0.3) is 0 Å². The van der Waals surface area contributed by atoms with E-state index in [4.69, 9.17) is 4.84 Å². The van der Waals surface area contributed by atoms with Crippen LogP contribution in [0.15, 0.2) is 5.16 Å². The Morgan fingerprint density at radius 1 is 1.25 bits per heavy atom. The third-order valence-corrected chi connectivity index (χ3v) is 3.23. The maximum Gasteiger partial charge on any atom is 0.135 e. The molecule has 2 nitrogen and oxygen atoms in total. The van der Waals surface area contributed by atoms with Gasteiger partial charge in [0.05, 0.1) is 5.71 Å². The zero-order valence-electron chi connectivity index (χ0n) is 7.92. The van der Waals surface area contributed by atoms with Crippen LogP contribution in [-0.2, 0) is 4.84 Å². The molecule has 1 heterocycles. The molecule has 0 saturated heterocycles. The SMILES string of the molecule is CC1=NOC2CCC(C)CCC12. The first-order valence-electron chi connectivity index (χ1n) is 4.97. The molecule has 0 N–H and O–H groups in total. The number of fused-ring (bicyclic) bond motifs is 1. The van der Waals surface area contributed by atoms with E-state index >= 15 is 0 Å². The molecule has 0 aromatic heterocycles. The summed E-state index contributed by atoms with van der Waals surface area (Å²) in [6.07, 6.45) is 5.55. The van der Waals surface area contributed by atoms with Crippen LogP contribution in [0, 0.1) is 11.8 Å². The molecular weight excluding hydrogens is 150 g/mol. The first-order valence-corrected chi connectivity index (χ1v) is 4.97. The standard InChI is InChI=1S/C10H17NO/c1-7-3-5-9-8(2)11-12-10(9)6-4-7/h7,9-10H,3-6H2,1-2H3. The summed E-state index contributed by atoms with van der Waals surface area (Å²) in [6, 6.07) is 0. The third kappa shape index (κ3) is 1.35. The fourth-order valence-corrected chi connectivity index (χ4v) is 2.27. The molecule has 0 aromatic carbocycles. The maximum atomic E-state index is 5.39. The van der Waals surface area contributed by atoms with Crippen LogP contribution in [0.1, 0.15) is 39.5 Å². The Bertz CT molecular complexity index is 200. The number of hydrogen-bond donors (Lipinski definition) is 0. The molecule has 0 bridgehead atoms. The van der Waals surface area contributed by atoms with Crippen LogP contribution in [0.4, 0.5) is 0 Å². The summed E-state index contributed by atoms with van der Waals surface area (Å²) in [7, 11) is 0. The van der Waals surface area contributed by atoms with Crippen LogP contribution in [0.5, 0.6) is 0 Å². The Labute approximate surface area is 74.0 Å². The second kappa shape index (κ2) is 3.08. The lowest BCUT2D eigenvalue weighted by Gasteiger charge is -2.12. The smallest absolute Gasteiger partial charge is 0.135 e. The summed E-state index contributed by atoms with van der Waals surface area (Å²) in [5.41, 5.74) is 1.22. The van der Waals surface area contributed by atoms with Crippen molar-refractivity contribution in [1.82, 2.24) is 0 Å². The van der Waals surface area contributed by atoms with Gasteiger partial charge in [0.2, 0.25) is 0 Å². The zero-order valence-corrected chi connectivity index (χ0v) is 7.92. The van der Waals surface area contributed by atoms with Gasteiger partial charge >= 0.3 is 0 Å². The molecule has 1 aliphatic carbocycles. The van der Waals surface area contributed by atoms with Crippen molar-refractivity contribution in [2.24, 2.45) is 17.0 Å². The molecule has 2 heteroatoms. The van der Waals surface area contributed by atoms with E-state index in [1.165, 1.54) is 31.4 Å². The Balaban J connectivity index is 2.04. The lowest BCUT2D eigenvalue weighted by atomic mass is 9.93. The second-order valence-electron chi connectivity index (χ2n) is 4.24. The van der Waals surface area contributed by atoms with Crippen LogP contribution in [0.25, 0.3) is 0 Å². The largest absolute Gasteiger partial charge is 0.392 e. The summed E-state index contributed by atoms with van der Waals surface area (Å²) >= 11 is 0. The van der Waals surface area contributed by atoms with Crippen molar-refractivity contribution in [3.05, 3.63) is 0 Å². The molecule has 0 aromatic rings. The quantitative estimate of drug-likeness (QED) is 0.543. The molecule has 2 rings (SSSR count).